The van der Waals surface area contributed by atoms with Gasteiger partial charge in [-0.15, -0.1) is 0 Å². The molecule has 9 heteroatoms. The van der Waals surface area contributed by atoms with Crippen LogP contribution in [-0.4, -0.2) is 29.4 Å². The topological polar surface area (TPSA) is 114 Å². The third kappa shape index (κ3) is 5.05. The Balaban J connectivity index is 2.16. The van der Waals surface area contributed by atoms with Crippen molar-refractivity contribution in [3.8, 4) is 6.07 Å². The van der Waals surface area contributed by atoms with Crippen molar-refractivity contribution in [3.05, 3.63) is 69.2 Å². The summed E-state index contributed by atoms with van der Waals surface area (Å²) >= 11 is 5.92. The van der Waals surface area contributed by atoms with Gasteiger partial charge in [0.1, 0.15) is 0 Å². The van der Waals surface area contributed by atoms with Crippen molar-refractivity contribution in [2.24, 2.45) is 0 Å². The van der Waals surface area contributed by atoms with Gasteiger partial charge in [0.2, 0.25) is 0 Å². The summed E-state index contributed by atoms with van der Waals surface area (Å²) in [4.78, 5) is 36.6. The number of ether oxygens (including phenoxy) is 1. The summed E-state index contributed by atoms with van der Waals surface area (Å²) < 4.78 is 5.19. The molecule has 2 rings (SSSR count). The summed E-state index contributed by atoms with van der Waals surface area (Å²) in [6.07, 6.45) is -1.05. The van der Waals surface area contributed by atoms with Crippen LogP contribution in [0, 0.1) is 21.4 Å². The lowest BCUT2D eigenvalue weighted by molar-refractivity contribution is -0.384. The monoisotopic (exact) mass is 401 g/mol. The van der Waals surface area contributed by atoms with E-state index in [4.69, 9.17) is 21.6 Å². The summed E-state index contributed by atoms with van der Waals surface area (Å²) in [6.45, 7) is 1.54. The lowest BCUT2D eigenvalue weighted by atomic mass is 10.2. The number of carbonyl (C=O) groups is 2. The number of rotatable bonds is 7. The summed E-state index contributed by atoms with van der Waals surface area (Å²) in [5.74, 6) is -1.39. The van der Waals surface area contributed by atoms with Crippen LogP contribution in [0.1, 0.15) is 23.7 Å². The quantitative estimate of drug-likeness (QED) is 0.396. The highest BCUT2D eigenvalue weighted by molar-refractivity contribution is 6.33. The number of nitrogens with zero attached hydrogens (tertiary/aromatic N) is 3. The number of nitro groups is 1. The molecule has 0 fully saturated rings. The van der Waals surface area contributed by atoms with Gasteiger partial charge in [-0.25, -0.2) is 4.79 Å². The van der Waals surface area contributed by atoms with Crippen LogP contribution in [0.3, 0.4) is 0 Å². The van der Waals surface area contributed by atoms with E-state index in [1.165, 1.54) is 17.9 Å². The molecule has 0 unspecified atom stereocenters. The number of benzene rings is 2. The largest absolute Gasteiger partial charge is 0.449 e. The molecular formula is C19H16ClN3O5. The lowest BCUT2D eigenvalue weighted by Gasteiger charge is -2.25. The van der Waals surface area contributed by atoms with Gasteiger partial charge in [-0.3, -0.25) is 14.9 Å². The number of para-hydroxylation sites is 1. The number of hydrogen-bond acceptors (Lipinski definition) is 6. The smallest absolute Gasteiger partial charge is 0.340 e. The van der Waals surface area contributed by atoms with E-state index in [9.17, 15) is 19.7 Å². The van der Waals surface area contributed by atoms with Crippen LogP contribution < -0.4 is 4.90 Å². The lowest BCUT2D eigenvalue weighted by Crippen LogP contribution is -2.40. The minimum absolute atomic E-state index is 0.0878. The molecule has 2 aromatic rings. The molecule has 0 aliphatic rings. The van der Waals surface area contributed by atoms with Crippen LogP contribution in [0.15, 0.2) is 48.5 Å². The van der Waals surface area contributed by atoms with E-state index in [0.29, 0.717) is 5.69 Å². The Labute approximate surface area is 166 Å². The first-order valence-electron chi connectivity index (χ1n) is 8.23. The van der Waals surface area contributed by atoms with Crippen LogP contribution in [-0.2, 0) is 9.53 Å². The van der Waals surface area contributed by atoms with Crippen molar-refractivity contribution in [2.45, 2.75) is 19.4 Å². The van der Waals surface area contributed by atoms with Gasteiger partial charge in [0.05, 0.1) is 28.0 Å². The standard InChI is InChI=1S/C19H16ClN3O5/c1-13(18(24)22(11-5-10-21)14-6-3-2-4-7-14)28-19(25)16-9-8-15(23(26)27)12-17(16)20/h2-4,6-9,12-13H,5,11H2,1H3/t13-/m0/s1. The zero-order chi connectivity index (χ0) is 20.7. The normalized spacial score (nSPS) is 11.2. The molecule has 2 aromatic carbocycles. The van der Waals surface area contributed by atoms with Crippen molar-refractivity contribution in [1.82, 2.24) is 0 Å². The van der Waals surface area contributed by atoms with E-state index in [1.54, 1.807) is 30.3 Å². The number of anilines is 1. The van der Waals surface area contributed by atoms with E-state index >= 15 is 0 Å². The van der Waals surface area contributed by atoms with Crippen molar-refractivity contribution in [3.63, 3.8) is 0 Å². The van der Waals surface area contributed by atoms with Gasteiger partial charge < -0.3 is 9.64 Å². The summed E-state index contributed by atoms with van der Waals surface area (Å²) in [7, 11) is 0. The molecule has 1 amide bonds. The molecule has 1 atom stereocenters. The first-order valence-corrected chi connectivity index (χ1v) is 8.61. The Morgan fingerprint density at radius 1 is 1.29 bits per heavy atom. The Bertz CT molecular complexity index is 927. The van der Waals surface area contributed by atoms with Crippen molar-refractivity contribution >= 4 is 34.9 Å². The zero-order valence-corrected chi connectivity index (χ0v) is 15.6. The molecule has 0 N–H and O–H groups in total. The number of amides is 1. The van der Waals surface area contributed by atoms with E-state index in [2.05, 4.69) is 0 Å². The third-order valence-corrected chi connectivity index (χ3v) is 4.11. The van der Waals surface area contributed by atoms with E-state index in [1.807, 2.05) is 6.07 Å². The van der Waals surface area contributed by atoms with Gasteiger partial charge >= 0.3 is 5.97 Å². The molecule has 28 heavy (non-hydrogen) atoms. The van der Waals surface area contributed by atoms with Gasteiger partial charge in [-0.1, -0.05) is 29.8 Å². The second kappa shape index (κ2) is 9.48. The van der Waals surface area contributed by atoms with Crippen LogP contribution in [0.5, 0.6) is 0 Å². The second-order valence-electron chi connectivity index (χ2n) is 5.70. The van der Waals surface area contributed by atoms with Crippen LogP contribution >= 0.6 is 11.6 Å². The first kappa shape index (κ1) is 20.9. The molecule has 0 aliphatic carbocycles. The van der Waals surface area contributed by atoms with Crippen LogP contribution in [0.25, 0.3) is 0 Å². The van der Waals surface area contributed by atoms with Gasteiger partial charge in [0.15, 0.2) is 6.10 Å². The van der Waals surface area contributed by atoms with Gasteiger partial charge in [-0.2, -0.15) is 5.26 Å². The summed E-state index contributed by atoms with van der Waals surface area (Å²) in [5, 5.41) is 19.4. The number of nitro benzene ring substituents is 1. The number of halogens is 1. The SMILES string of the molecule is C[C@H](OC(=O)c1ccc([N+](=O)[O-])cc1Cl)C(=O)N(CCC#N)c1ccccc1. The maximum Gasteiger partial charge on any atom is 0.340 e. The fraction of sp³-hybridized carbons (Fsp3) is 0.211. The summed E-state index contributed by atoms with van der Waals surface area (Å²) in [5.41, 5.74) is 0.214. The molecule has 0 saturated carbocycles. The maximum atomic E-state index is 12.8. The fourth-order valence-corrected chi connectivity index (χ4v) is 2.67. The minimum atomic E-state index is -1.15. The molecule has 0 spiro atoms. The number of esters is 1. The molecule has 144 valence electrons. The predicted octanol–water partition coefficient (Wildman–Crippen LogP) is 3.74. The molecule has 0 aliphatic heterocycles. The van der Waals surface area contributed by atoms with Crippen molar-refractivity contribution < 1.29 is 19.2 Å². The van der Waals surface area contributed by atoms with Crippen molar-refractivity contribution in [1.29, 1.82) is 5.26 Å². The molecule has 0 radical (unpaired) electrons. The van der Waals surface area contributed by atoms with E-state index in [0.717, 1.165) is 12.1 Å². The highest BCUT2D eigenvalue weighted by atomic mass is 35.5. The maximum absolute atomic E-state index is 12.8. The van der Waals surface area contributed by atoms with Gasteiger partial charge in [0.25, 0.3) is 11.6 Å². The Morgan fingerprint density at radius 3 is 2.54 bits per heavy atom. The highest BCUT2D eigenvalue weighted by Crippen LogP contribution is 2.24. The number of carbonyl (C=O) groups excluding carboxylic acids is 2. The molecular weight excluding hydrogens is 386 g/mol. The Morgan fingerprint density at radius 2 is 1.96 bits per heavy atom. The first-order chi connectivity index (χ1) is 13.3. The fourth-order valence-electron chi connectivity index (χ4n) is 2.41. The number of nitriles is 1. The number of non-ortho nitro benzene ring substituents is 1. The highest BCUT2D eigenvalue weighted by Gasteiger charge is 2.26. The van der Waals surface area contributed by atoms with Gasteiger partial charge in [0, 0.05) is 24.4 Å². The average Bonchev–Trinajstić information content (AvgIpc) is 2.68. The van der Waals surface area contributed by atoms with Crippen molar-refractivity contribution in [2.75, 3.05) is 11.4 Å². The third-order valence-electron chi connectivity index (χ3n) is 3.80. The summed E-state index contributed by atoms with van der Waals surface area (Å²) in [6, 6.07) is 14.0. The Hall–Kier alpha value is -3.44. The molecule has 0 saturated heterocycles. The van der Waals surface area contributed by atoms with E-state index < -0.39 is 22.9 Å². The van der Waals surface area contributed by atoms with Crippen LogP contribution in [0.2, 0.25) is 5.02 Å². The Kier molecular flexibility index (Phi) is 7.07. The van der Waals surface area contributed by atoms with E-state index in [-0.39, 0.29) is 29.2 Å². The second-order valence-corrected chi connectivity index (χ2v) is 6.11. The molecule has 8 nitrogen and oxygen atoms in total. The number of hydrogen-bond donors (Lipinski definition) is 0. The molecule has 0 bridgehead atoms. The van der Waals surface area contributed by atoms with Crippen LogP contribution in [0.4, 0.5) is 11.4 Å². The minimum Gasteiger partial charge on any atom is -0.449 e. The molecule has 0 heterocycles. The zero-order valence-electron chi connectivity index (χ0n) is 14.9. The van der Waals surface area contributed by atoms with Gasteiger partial charge in [-0.05, 0) is 25.1 Å². The predicted molar refractivity (Wildman–Crippen MR) is 102 cm³/mol. The average molecular weight is 402 g/mol. The molecule has 0 aromatic heterocycles.